The Morgan fingerprint density at radius 1 is 1.03 bits per heavy atom. The molecule has 0 aliphatic rings. The van der Waals surface area contributed by atoms with Crippen LogP contribution in [-0.4, -0.2) is 40.0 Å². The summed E-state index contributed by atoms with van der Waals surface area (Å²) in [6.45, 7) is 4.51. The molecule has 2 amide bonds. The molecule has 1 aromatic heterocycles. The Balaban J connectivity index is 1.57. The number of anilines is 2. The molecule has 9 heteroatoms. The van der Waals surface area contributed by atoms with E-state index in [-0.39, 0.29) is 18.4 Å². The summed E-state index contributed by atoms with van der Waals surface area (Å²) in [4.78, 5) is 25.3. The van der Waals surface area contributed by atoms with Crippen LogP contribution in [0.4, 0.5) is 11.4 Å². The van der Waals surface area contributed by atoms with Crippen molar-refractivity contribution in [1.82, 2.24) is 15.1 Å². The van der Waals surface area contributed by atoms with Gasteiger partial charge in [0.1, 0.15) is 0 Å². The average Bonchev–Trinajstić information content (AvgIpc) is 3.17. The number of nitrogens with one attached hydrogen (secondary N) is 2. The van der Waals surface area contributed by atoms with E-state index in [9.17, 15) is 9.59 Å². The number of hydrogen-bond donors (Lipinski definition) is 2. The van der Waals surface area contributed by atoms with Crippen molar-refractivity contribution in [2.24, 2.45) is 0 Å². The van der Waals surface area contributed by atoms with Gasteiger partial charge in [-0.3, -0.25) is 14.5 Å². The number of aromatic nitrogens is 2. The first-order valence-electron chi connectivity index (χ1n) is 9.41. The van der Waals surface area contributed by atoms with Gasteiger partial charge in [-0.15, -0.1) is 10.2 Å². The molecule has 3 rings (SSSR count). The summed E-state index contributed by atoms with van der Waals surface area (Å²) in [5.74, 6) is 0.425. The van der Waals surface area contributed by atoms with Gasteiger partial charge >= 0.3 is 0 Å². The van der Waals surface area contributed by atoms with Gasteiger partial charge in [0, 0.05) is 18.3 Å². The van der Waals surface area contributed by atoms with E-state index in [0.717, 1.165) is 0 Å². The molecule has 1 heterocycles. The van der Waals surface area contributed by atoms with E-state index in [0.29, 0.717) is 46.8 Å². The zero-order chi connectivity index (χ0) is 21.5. The second-order valence-corrected chi connectivity index (χ2v) is 7.00. The van der Waals surface area contributed by atoms with Crippen LogP contribution in [0.1, 0.15) is 19.7 Å². The molecule has 8 nitrogen and oxygen atoms in total. The summed E-state index contributed by atoms with van der Waals surface area (Å²) >= 11 is 6.17. The van der Waals surface area contributed by atoms with Crippen molar-refractivity contribution in [3.05, 3.63) is 59.4 Å². The Morgan fingerprint density at radius 3 is 2.33 bits per heavy atom. The molecule has 0 atom stereocenters. The number of carbonyl (C=O) groups excluding carboxylic acids is 2. The second-order valence-electron chi connectivity index (χ2n) is 6.59. The molecule has 0 saturated carbocycles. The molecule has 0 unspecified atom stereocenters. The van der Waals surface area contributed by atoms with E-state index in [1.54, 1.807) is 30.3 Å². The highest BCUT2D eigenvalue weighted by molar-refractivity contribution is 6.33. The smallest absolute Gasteiger partial charge is 0.249 e. The molecular weight excluding hydrogens is 406 g/mol. The Kier molecular flexibility index (Phi) is 7.16. The minimum Gasteiger partial charge on any atom is -0.419 e. The quantitative estimate of drug-likeness (QED) is 0.567. The van der Waals surface area contributed by atoms with Crippen LogP contribution in [0.3, 0.4) is 0 Å². The van der Waals surface area contributed by atoms with E-state index < -0.39 is 0 Å². The Morgan fingerprint density at radius 2 is 1.70 bits per heavy atom. The molecular formula is C21H22ClN5O3. The molecule has 2 aromatic carbocycles. The molecule has 3 aromatic rings. The van der Waals surface area contributed by atoms with Crippen LogP contribution in [0, 0.1) is 0 Å². The third-order valence-electron chi connectivity index (χ3n) is 4.23. The van der Waals surface area contributed by atoms with Crippen LogP contribution in [-0.2, 0) is 16.1 Å². The zero-order valence-corrected chi connectivity index (χ0v) is 17.4. The largest absolute Gasteiger partial charge is 0.419 e. The van der Waals surface area contributed by atoms with Crippen molar-refractivity contribution in [3.8, 4) is 11.5 Å². The summed E-state index contributed by atoms with van der Waals surface area (Å²) in [5, 5.41) is 14.2. The molecule has 156 valence electrons. The first-order valence-corrected chi connectivity index (χ1v) is 9.79. The summed E-state index contributed by atoms with van der Waals surface area (Å²) in [6, 6.07) is 14.1. The van der Waals surface area contributed by atoms with Gasteiger partial charge in [-0.1, -0.05) is 30.7 Å². The molecule has 0 aliphatic heterocycles. The number of amides is 2. The van der Waals surface area contributed by atoms with Gasteiger partial charge in [-0.25, -0.2) is 0 Å². The third-order valence-corrected chi connectivity index (χ3v) is 4.56. The minimum absolute atomic E-state index is 0.149. The van der Waals surface area contributed by atoms with Crippen LogP contribution in [0.15, 0.2) is 52.9 Å². The van der Waals surface area contributed by atoms with Crippen LogP contribution < -0.4 is 10.6 Å². The molecule has 0 bridgehead atoms. The lowest BCUT2D eigenvalue weighted by molar-refractivity contribution is -0.117. The normalized spacial score (nSPS) is 10.8. The van der Waals surface area contributed by atoms with Gasteiger partial charge in [-0.2, -0.15) is 0 Å². The van der Waals surface area contributed by atoms with Crippen molar-refractivity contribution in [1.29, 1.82) is 0 Å². The summed E-state index contributed by atoms with van der Waals surface area (Å²) in [7, 11) is 0. The minimum atomic E-state index is -0.171. The number of hydrogen-bond acceptors (Lipinski definition) is 6. The first kappa shape index (κ1) is 21.5. The Hall–Kier alpha value is -3.23. The maximum atomic E-state index is 12.4. The van der Waals surface area contributed by atoms with Gasteiger partial charge in [0.05, 0.1) is 23.7 Å². The monoisotopic (exact) mass is 427 g/mol. The molecule has 0 spiro atoms. The maximum absolute atomic E-state index is 12.4. The Bertz CT molecular complexity index is 1020. The summed E-state index contributed by atoms with van der Waals surface area (Å²) in [5.41, 5.74) is 1.98. The van der Waals surface area contributed by atoms with E-state index in [1.165, 1.54) is 6.92 Å². The number of nitrogens with zero attached hydrogens (tertiary/aromatic N) is 3. The van der Waals surface area contributed by atoms with Gasteiger partial charge in [0.2, 0.25) is 23.6 Å². The van der Waals surface area contributed by atoms with Gasteiger partial charge in [-0.05, 0) is 42.9 Å². The van der Waals surface area contributed by atoms with Crippen molar-refractivity contribution in [2.75, 3.05) is 23.7 Å². The van der Waals surface area contributed by atoms with E-state index >= 15 is 0 Å². The van der Waals surface area contributed by atoms with E-state index in [4.69, 9.17) is 16.0 Å². The van der Waals surface area contributed by atoms with Crippen molar-refractivity contribution in [2.45, 2.75) is 20.4 Å². The molecule has 0 radical (unpaired) electrons. The lowest BCUT2D eigenvalue weighted by atomic mass is 10.2. The summed E-state index contributed by atoms with van der Waals surface area (Å²) in [6.07, 6.45) is 0. The molecule has 0 saturated heterocycles. The van der Waals surface area contributed by atoms with Crippen LogP contribution >= 0.6 is 11.6 Å². The fourth-order valence-corrected chi connectivity index (χ4v) is 2.99. The predicted molar refractivity (Wildman–Crippen MR) is 115 cm³/mol. The third kappa shape index (κ3) is 5.88. The number of halogens is 1. The highest BCUT2D eigenvalue weighted by Gasteiger charge is 2.16. The van der Waals surface area contributed by atoms with Crippen LogP contribution in [0.25, 0.3) is 11.5 Å². The maximum Gasteiger partial charge on any atom is 0.249 e. The number of rotatable bonds is 8. The fourth-order valence-electron chi connectivity index (χ4n) is 2.78. The highest BCUT2D eigenvalue weighted by Crippen LogP contribution is 2.26. The van der Waals surface area contributed by atoms with Crippen LogP contribution in [0.2, 0.25) is 5.02 Å². The Labute approximate surface area is 179 Å². The van der Waals surface area contributed by atoms with Crippen molar-refractivity contribution in [3.63, 3.8) is 0 Å². The SMILES string of the molecule is CCN(CC(=O)Nc1ccc(NC(C)=O)cc1)Cc1nnc(-c2ccccc2Cl)o1. The van der Waals surface area contributed by atoms with E-state index in [2.05, 4.69) is 20.8 Å². The topological polar surface area (TPSA) is 100 Å². The number of carbonyl (C=O) groups is 2. The number of benzene rings is 2. The fraction of sp³-hybridized carbons (Fsp3) is 0.238. The average molecular weight is 428 g/mol. The summed E-state index contributed by atoms with van der Waals surface area (Å²) < 4.78 is 5.71. The van der Waals surface area contributed by atoms with Crippen LogP contribution in [0.5, 0.6) is 0 Å². The van der Waals surface area contributed by atoms with Gasteiger partial charge in [0.15, 0.2) is 0 Å². The molecule has 0 aliphatic carbocycles. The standard InChI is InChI=1S/C21H22ClN5O3/c1-3-27(12-19(29)24-16-10-8-15(9-11-16)23-14(2)28)13-20-25-26-21(30-20)17-6-4-5-7-18(17)22/h4-11H,3,12-13H2,1-2H3,(H,23,28)(H,24,29). The molecule has 0 fully saturated rings. The predicted octanol–water partition coefficient (Wildman–Crippen LogP) is 3.81. The molecule has 30 heavy (non-hydrogen) atoms. The van der Waals surface area contributed by atoms with E-state index in [1.807, 2.05) is 30.0 Å². The zero-order valence-electron chi connectivity index (χ0n) is 16.7. The number of likely N-dealkylation sites (N-methyl/N-ethyl adjacent to an activating group) is 1. The van der Waals surface area contributed by atoms with Crippen molar-refractivity contribution < 1.29 is 14.0 Å². The second kappa shape index (κ2) is 10.00. The lowest BCUT2D eigenvalue weighted by Crippen LogP contribution is -2.32. The highest BCUT2D eigenvalue weighted by atomic mass is 35.5. The lowest BCUT2D eigenvalue weighted by Gasteiger charge is -2.17. The van der Waals surface area contributed by atoms with Gasteiger partial charge in [0.25, 0.3) is 0 Å². The molecule has 2 N–H and O–H groups in total. The van der Waals surface area contributed by atoms with Gasteiger partial charge < -0.3 is 15.1 Å². The first-order chi connectivity index (χ1) is 14.4. The van der Waals surface area contributed by atoms with Crippen molar-refractivity contribution >= 4 is 34.8 Å².